The summed E-state index contributed by atoms with van der Waals surface area (Å²) in [6, 6.07) is 3.32. The van der Waals surface area contributed by atoms with Crippen molar-refractivity contribution in [3.8, 4) is 11.5 Å². The Morgan fingerprint density at radius 1 is 1.07 bits per heavy atom. The van der Waals surface area contributed by atoms with E-state index in [1.807, 2.05) is 12.1 Å². The van der Waals surface area contributed by atoms with Crippen LogP contribution in [0.4, 0.5) is 15.3 Å². The summed E-state index contributed by atoms with van der Waals surface area (Å²) in [5.74, 6) is 1.20. The van der Waals surface area contributed by atoms with E-state index in [9.17, 15) is 9.59 Å². The number of benzene rings is 1. The lowest BCUT2D eigenvalue weighted by atomic mass is 9.98. The van der Waals surface area contributed by atoms with E-state index in [2.05, 4.69) is 10.7 Å². The second kappa shape index (κ2) is 9.38. The first-order valence-corrected chi connectivity index (χ1v) is 9.21. The van der Waals surface area contributed by atoms with Crippen LogP contribution in [0.15, 0.2) is 12.1 Å². The standard InChI is InChI=1S/C19H29N3O6/c1-11(2)27-18(23)21-22(19(24)28-12(3)4)14-7-13-8-16(25-5)17(26-6)9-15(13)20-10-14/h8-9,11-12,14,20H,7,10H2,1-6H3,(H,21,23)/t14-/m1/s1. The quantitative estimate of drug-likeness (QED) is 0.740. The fourth-order valence-electron chi connectivity index (χ4n) is 2.87. The molecule has 0 bridgehead atoms. The van der Waals surface area contributed by atoms with Gasteiger partial charge in [0.25, 0.3) is 0 Å². The molecule has 28 heavy (non-hydrogen) atoms. The molecule has 1 atom stereocenters. The number of hydrazine groups is 1. The van der Waals surface area contributed by atoms with Crippen LogP contribution in [-0.2, 0) is 15.9 Å². The molecular formula is C19H29N3O6. The summed E-state index contributed by atoms with van der Waals surface area (Å²) in [7, 11) is 3.14. The molecule has 0 fully saturated rings. The van der Waals surface area contributed by atoms with E-state index in [0.29, 0.717) is 24.5 Å². The third kappa shape index (κ3) is 5.34. The molecule has 1 aromatic rings. The fourth-order valence-corrected chi connectivity index (χ4v) is 2.87. The number of amides is 2. The van der Waals surface area contributed by atoms with Crippen molar-refractivity contribution in [1.29, 1.82) is 0 Å². The van der Waals surface area contributed by atoms with Crippen LogP contribution in [0.3, 0.4) is 0 Å². The molecule has 1 aliphatic rings. The third-order valence-corrected chi connectivity index (χ3v) is 4.05. The molecule has 156 valence electrons. The number of carbonyl (C=O) groups is 2. The van der Waals surface area contributed by atoms with E-state index in [-0.39, 0.29) is 18.2 Å². The molecule has 0 saturated carbocycles. The maximum atomic E-state index is 12.6. The van der Waals surface area contributed by atoms with E-state index in [0.717, 1.165) is 11.3 Å². The van der Waals surface area contributed by atoms with Crippen LogP contribution in [0.5, 0.6) is 11.5 Å². The Morgan fingerprint density at radius 3 is 2.25 bits per heavy atom. The van der Waals surface area contributed by atoms with Crippen molar-refractivity contribution < 1.29 is 28.5 Å². The van der Waals surface area contributed by atoms with Crippen LogP contribution in [0, 0.1) is 0 Å². The van der Waals surface area contributed by atoms with Gasteiger partial charge in [-0.25, -0.2) is 20.0 Å². The van der Waals surface area contributed by atoms with E-state index in [4.69, 9.17) is 18.9 Å². The zero-order chi connectivity index (χ0) is 20.8. The van der Waals surface area contributed by atoms with Crippen molar-refractivity contribution in [2.45, 2.75) is 52.4 Å². The number of hydrogen-bond donors (Lipinski definition) is 2. The van der Waals surface area contributed by atoms with Gasteiger partial charge in [0.2, 0.25) is 0 Å². The highest BCUT2D eigenvalue weighted by molar-refractivity contribution is 5.75. The van der Waals surface area contributed by atoms with Crippen LogP contribution in [0.1, 0.15) is 33.3 Å². The number of carbonyl (C=O) groups excluding carboxylic acids is 2. The second-order valence-electron chi connectivity index (χ2n) is 6.97. The first-order valence-electron chi connectivity index (χ1n) is 9.21. The molecule has 0 spiro atoms. The third-order valence-electron chi connectivity index (χ3n) is 4.05. The number of nitrogens with zero attached hydrogens (tertiary/aromatic N) is 1. The fraction of sp³-hybridized carbons (Fsp3) is 0.579. The first kappa shape index (κ1) is 21.5. The molecule has 2 amide bonds. The molecule has 1 aromatic carbocycles. The van der Waals surface area contributed by atoms with Crippen molar-refractivity contribution in [2.24, 2.45) is 0 Å². The first-order chi connectivity index (χ1) is 13.2. The molecule has 2 N–H and O–H groups in total. The van der Waals surface area contributed by atoms with Gasteiger partial charge in [-0.05, 0) is 45.7 Å². The number of ether oxygens (including phenoxy) is 4. The lowest BCUT2D eigenvalue weighted by molar-refractivity contribution is 0.0327. The highest BCUT2D eigenvalue weighted by Crippen LogP contribution is 2.36. The summed E-state index contributed by atoms with van der Waals surface area (Å²) in [6.07, 6.45) is -1.52. The van der Waals surface area contributed by atoms with Crippen molar-refractivity contribution in [3.05, 3.63) is 17.7 Å². The molecule has 2 rings (SSSR count). The van der Waals surface area contributed by atoms with Crippen molar-refractivity contribution >= 4 is 17.9 Å². The van der Waals surface area contributed by atoms with E-state index in [1.54, 1.807) is 41.9 Å². The normalized spacial score (nSPS) is 15.4. The number of anilines is 1. The summed E-state index contributed by atoms with van der Waals surface area (Å²) in [6.45, 7) is 7.36. The van der Waals surface area contributed by atoms with Gasteiger partial charge in [0.1, 0.15) is 0 Å². The Balaban J connectivity index is 2.24. The molecule has 0 aliphatic carbocycles. The molecule has 0 radical (unpaired) electrons. The summed E-state index contributed by atoms with van der Waals surface area (Å²) in [4.78, 5) is 24.7. The summed E-state index contributed by atoms with van der Waals surface area (Å²) >= 11 is 0. The Hall–Kier alpha value is -2.84. The van der Waals surface area contributed by atoms with Gasteiger partial charge in [-0.2, -0.15) is 0 Å². The zero-order valence-corrected chi connectivity index (χ0v) is 17.2. The van der Waals surface area contributed by atoms with Crippen molar-refractivity contribution in [3.63, 3.8) is 0 Å². The lowest BCUT2D eigenvalue weighted by Gasteiger charge is -2.35. The SMILES string of the molecule is COc1cc2c(cc1OC)NC[C@H](N(NC(=O)OC(C)C)C(=O)OC(C)C)C2. The van der Waals surface area contributed by atoms with Gasteiger partial charge >= 0.3 is 12.2 Å². The van der Waals surface area contributed by atoms with Gasteiger partial charge in [0.05, 0.1) is 32.5 Å². The Morgan fingerprint density at radius 2 is 1.68 bits per heavy atom. The highest BCUT2D eigenvalue weighted by atomic mass is 16.6. The number of methoxy groups -OCH3 is 2. The predicted octanol–water partition coefficient (Wildman–Crippen LogP) is 2.94. The maximum absolute atomic E-state index is 12.6. The number of rotatable bonds is 5. The average Bonchev–Trinajstić information content (AvgIpc) is 2.63. The largest absolute Gasteiger partial charge is 0.493 e. The zero-order valence-electron chi connectivity index (χ0n) is 17.2. The Kier molecular flexibility index (Phi) is 7.19. The topological polar surface area (TPSA) is 98.4 Å². The average molecular weight is 395 g/mol. The smallest absolute Gasteiger partial charge is 0.429 e. The highest BCUT2D eigenvalue weighted by Gasteiger charge is 2.32. The van der Waals surface area contributed by atoms with Gasteiger partial charge in [-0.15, -0.1) is 0 Å². The molecule has 1 aliphatic heterocycles. The van der Waals surface area contributed by atoms with Gasteiger partial charge in [-0.1, -0.05) is 0 Å². The van der Waals surface area contributed by atoms with Crippen LogP contribution >= 0.6 is 0 Å². The van der Waals surface area contributed by atoms with Gasteiger partial charge in [-0.3, -0.25) is 0 Å². The molecule has 9 heteroatoms. The minimum absolute atomic E-state index is 0.315. The number of hydrogen-bond acceptors (Lipinski definition) is 7. The minimum Gasteiger partial charge on any atom is -0.493 e. The van der Waals surface area contributed by atoms with Crippen molar-refractivity contribution in [2.75, 3.05) is 26.1 Å². The Bertz CT molecular complexity index is 707. The summed E-state index contributed by atoms with van der Waals surface area (Å²) in [5, 5.41) is 4.44. The van der Waals surface area contributed by atoms with Gasteiger partial charge in [0, 0.05) is 18.3 Å². The number of fused-ring (bicyclic) bond motifs is 1. The van der Waals surface area contributed by atoms with Crippen LogP contribution in [0.25, 0.3) is 0 Å². The second-order valence-corrected chi connectivity index (χ2v) is 6.97. The molecule has 1 heterocycles. The van der Waals surface area contributed by atoms with E-state index >= 15 is 0 Å². The molecule has 0 unspecified atom stereocenters. The maximum Gasteiger partial charge on any atom is 0.429 e. The summed E-state index contributed by atoms with van der Waals surface area (Å²) in [5.41, 5.74) is 4.32. The number of nitrogens with one attached hydrogen (secondary N) is 2. The molecule has 0 aromatic heterocycles. The minimum atomic E-state index is -0.714. The predicted molar refractivity (Wildman–Crippen MR) is 104 cm³/mol. The molecule has 0 saturated heterocycles. The summed E-state index contributed by atoms with van der Waals surface area (Å²) < 4.78 is 21.1. The van der Waals surface area contributed by atoms with E-state index in [1.165, 1.54) is 5.01 Å². The van der Waals surface area contributed by atoms with E-state index < -0.39 is 12.2 Å². The van der Waals surface area contributed by atoms with Crippen LogP contribution in [-0.4, -0.2) is 56.2 Å². The van der Waals surface area contributed by atoms with Crippen molar-refractivity contribution in [1.82, 2.24) is 10.4 Å². The Labute approximate surface area is 165 Å². The van der Waals surface area contributed by atoms with Gasteiger partial charge < -0.3 is 24.3 Å². The molecular weight excluding hydrogens is 366 g/mol. The van der Waals surface area contributed by atoms with Crippen LogP contribution in [0.2, 0.25) is 0 Å². The molecule has 9 nitrogen and oxygen atoms in total. The van der Waals surface area contributed by atoms with Crippen LogP contribution < -0.4 is 20.2 Å². The lowest BCUT2D eigenvalue weighted by Crippen LogP contribution is -2.56. The van der Waals surface area contributed by atoms with Gasteiger partial charge in [0.15, 0.2) is 11.5 Å². The monoisotopic (exact) mass is 395 g/mol.